The van der Waals surface area contributed by atoms with Crippen LogP contribution in [0.5, 0.6) is 0 Å². The molecule has 0 bridgehead atoms. The van der Waals surface area contributed by atoms with Crippen LogP contribution < -0.4 is 4.31 Å². The van der Waals surface area contributed by atoms with Gasteiger partial charge in [0.05, 0.1) is 10.6 Å². The van der Waals surface area contributed by atoms with Crippen molar-refractivity contribution >= 4 is 55.1 Å². The first-order chi connectivity index (χ1) is 10.3. The summed E-state index contributed by atoms with van der Waals surface area (Å²) in [6.45, 7) is 1.45. The van der Waals surface area contributed by atoms with Crippen molar-refractivity contribution in [2.24, 2.45) is 0 Å². The van der Waals surface area contributed by atoms with E-state index >= 15 is 0 Å². The van der Waals surface area contributed by atoms with Gasteiger partial charge in [-0.25, -0.2) is 8.42 Å². The number of anilines is 1. The molecular formula is C15H13ClINO3S. The fourth-order valence-corrected chi connectivity index (χ4v) is 3.84. The topological polar surface area (TPSA) is 54.5 Å². The molecule has 0 aliphatic heterocycles. The Morgan fingerprint density at radius 2 is 1.64 bits per heavy atom. The highest BCUT2D eigenvalue weighted by Gasteiger charge is 2.26. The van der Waals surface area contributed by atoms with Crippen LogP contribution in [0, 0.1) is 10.5 Å². The van der Waals surface area contributed by atoms with Crippen LogP contribution in [0.4, 0.5) is 5.69 Å². The maximum absolute atomic E-state index is 12.8. The lowest BCUT2D eigenvalue weighted by molar-refractivity contribution is -0.110. The number of aryl methyl sites for hydroxylation is 1. The summed E-state index contributed by atoms with van der Waals surface area (Å²) in [4.78, 5) is 11.4. The molecule has 0 spiro atoms. The van der Waals surface area contributed by atoms with Crippen LogP contribution in [-0.2, 0) is 14.8 Å². The Labute approximate surface area is 148 Å². The number of halogens is 2. The van der Waals surface area contributed by atoms with Gasteiger partial charge in [0.2, 0.25) is 5.24 Å². The van der Waals surface area contributed by atoms with E-state index in [0.717, 1.165) is 13.4 Å². The molecule has 0 unspecified atom stereocenters. The van der Waals surface area contributed by atoms with Crippen molar-refractivity contribution in [1.82, 2.24) is 0 Å². The van der Waals surface area contributed by atoms with E-state index in [2.05, 4.69) is 22.6 Å². The first kappa shape index (κ1) is 17.2. The molecule has 0 N–H and O–H groups in total. The molecule has 0 atom stereocenters. The number of carbonyl (C=O) groups excluding carboxylic acids is 1. The molecule has 7 heteroatoms. The second-order valence-electron chi connectivity index (χ2n) is 4.66. The third-order valence-electron chi connectivity index (χ3n) is 2.99. The van der Waals surface area contributed by atoms with Gasteiger partial charge in [0.15, 0.2) is 0 Å². The predicted octanol–water partition coefficient (Wildman–Crippen LogP) is 3.56. The molecule has 4 nitrogen and oxygen atoms in total. The summed E-state index contributed by atoms with van der Waals surface area (Å²) in [6.07, 6.45) is 0. The molecule has 0 aromatic heterocycles. The second-order valence-corrected chi connectivity index (χ2v) is 8.19. The van der Waals surface area contributed by atoms with Gasteiger partial charge in [0, 0.05) is 3.57 Å². The third kappa shape index (κ3) is 3.99. The van der Waals surface area contributed by atoms with Gasteiger partial charge >= 0.3 is 0 Å². The van der Waals surface area contributed by atoms with E-state index in [4.69, 9.17) is 11.6 Å². The number of rotatable bonds is 5. The Morgan fingerprint density at radius 3 is 2.14 bits per heavy atom. The van der Waals surface area contributed by atoms with Crippen molar-refractivity contribution in [1.29, 1.82) is 0 Å². The molecule has 0 heterocycles. The number of carbonyl (C=O) groups is 1. The van der Waals surface area contributed by atoms with Crippen LogP contribution in [0.15, 0.2) is 53.4 Å². The van der Waals surface area contributed by atoms with Gasteiger partial charge < -0.3 is 0 Å². The van der Waals surface area contributed by atoms with Gasteiger partial charge in [-0.15, -0.1) is 0 Å². The van der Waals surface area contributed by atoms with Crippen molar-refractivity contribution in [3.8, 4) is 0 Å². The highest BCUT2D eigenvalue weighted by Crippen LogP contribution is 2.25. The minimum atomic E-state index is -3.85. The molecule has 0 amide bonds. The second kappa shape index (κ2) is 6.97. The quantitative estimate of drug-likeness (QED) is 0.518. The van der Waals surface area contributed by atoms with Crippen molar-refractivity contribution < 1.29 is 13.2 Å². The Morgan fingerprint density at radius 1 is 1.09 bits per heavy atom. The van der Waals surface area contributed by atoms with Crippen LogP contribution >= 0.6 is 34.2 Å². The number of sulfonamides is 1. The first-order valence-corrected chi connectivity index (χ1v) is 9.24. The van der Waals surface area contributed by atoms with Crippen LogP contribution in [0.25, 0.3) is 0 Å². The normalized spacial score (nSPS) is 11.2. The van der Waals surface area contributed by atoms with E-state index in [-0.39, 0.29) is 4.90 Å². The van der Waals surface area contributed by atoms with Crippen molar-refractivity contribution in [3.63, 3.8) is 0 Å². The minimum absolute atomic E-state index is 0.120. The zero-order valence-corrected chi connectivity index (χ0v) is 15.4. The fourth-order valence-electron chi connectivity index (χ4n) is 1.87. The molecule has 0 aliphatic rings. The van der Waals surface area contributed by atoms with Crippen LogP contribution in [0.3, 0.4) is 0 Å². The summed E-state index contributed by atoms with van der Waals surface area (Å²) in [7, 11) is -3.85. The van der Waals surface area contributed by atoms with Gasteiger partial charge in [0.1, 0.15) is 6.54 Å². The summed E-state index contributed by atoms with van der Waals surface area (Å²) in [5.41, 5.74) is 1.35. The van der Waals surface area contributed by atoms with Crippen molar-refractivity contribution in [3.05, 3.63) is 57.7 Å². The van der Waals surface area contributed by atoms with Gasteiger partial charge in [-0.1, -0.05) is 17.7 Å². The van der Waals surface area contributed by atoms with Gasteiger partial charge in [-0.3, -0.25) is 9.10 Å². The standard InChI is InChI=1S/C15H13ClINO3S/c1-11-2-8-14(9-3-11)22(20,21)18(10-15(16)19)13-6-4-12(17)5-7-13/h2-9H,10H2,1H3. The minimum Gasteiger partial charge on any atom is -0.279 e. The van der Waals surface area contributed by atoms with Gasteiger partial charge in [0.25, 0.3) is 10.0 Å². The van der Waals surface area contributed by atoms with Crippen LogP contribution in [-0.4, -0.2) is 20.2 Å². The van der Waals surface area contributed by atoms with E-state index in [1.165, 1.54) is 12.1 Å². The lowest BCUT2D eigenvalue weighted by Gasteiger charge is -2.23. The maximum Gasteiger partial charge on any atom is 0.264 e. The Hall–Kier alpha value is -1.12. The molecule has 0 radical (unpaired) electrons. The van der Waals surface area contributed by atoms with Crippen molar-refractivity contribution in [2.75, 3.05) is 10.8 Å². The third-order valence-corrected chi connectivity index (χ3v) is 5.62. The van der Waals surface area contributed by atoms with E-state index < -0.39 is 21.8 Å². The molecule has 0 saturated carbocycles. The van der Waals surface area contributed by atoms with Crippen molar-refractivity contribution in [2.45, 2.75) is 11.8 Å². The van der Waals surface area contributed by atoms with Crippen LogP contribution in [0.1, 0.15) is 5.56 Å². The lowest BCUT2D eigenvalue weighted by Crippen LogP contribution is -2.34. The number of benzene rings is 2. The molecule has 2 rings (SSSR count). The summed E-state index contributed by atoms with van der Waals surface area (Å²) >= 11 is 7.55. The molecule has 2 aromatic rings. The Bertz CT molecular complexity index is 773. The summed E-state index contributed by atoms with van der Waals surface area (Å²) in [5.74, 6) is 0. The molecule has 0 aliphatic carbocycles. The molecule has 0 saturated heterocycles. The first-order valence-electron chi connectivity index (χ1n) is 6.34. The predicted molar refractivity (Wildman–Crippen MR) is 95.7 cm³/mol. The summed E-state index contributed by atoms with van der Waals surface area (Å²) in [5, 5.41) is -0.741. The molecule has 22 heavy (non-hydrogen) atoms. The zero-order chi connectivity index (χ0) is 16.3. The number of hydrogen-bond donors (Lipinski definition) is 0. The average molecular weight is 450 g/mol. The van der Waals surface area contributed by atoms with Crippen LogP contribution in [0.2, 0.25) is 0 Å². The van der Waals surface area contributed by atoms with E-state index in [0.29, 0.717) is 5.69 Å². The molecular weight excluding hydrogens is 437 g/mol. The largest absolute Gasteiger partial charge is 0.279 e. The maximum atomic E-state index is 12.8. The number of hydrogen-bond acceptors (Lipinski definition) is 3. The summed E-state index contributed by atoms with van der Waals surface area (Å²) < 4.78 is 27.5. The monoisotopic (exact) mass is 449 g/mol. The highest BCUT2D eigenvalue weighted by atomic mass is 127. The molecule has 2 aromatic carbocycles. The van der Waals surface area contributed by atoms with E-state index in [9.17, 15) is 13.2 Å². The SMILES string of the molecule is Cc1ccc(S(=O)(=O)N(CC(=O)Cl)c2ccc(I)cc2)cc1. The van der Waals surface area contributed by atoms with E-state index in [1.807, 2.05) is 6.92 Å². The zero-order valence-electron chi connectivity index (χ0n) is 11.7. The highest BCUT2D eigenvalue weighted by molar-refractivity contribution is 14.1. The summed E-state index contributed by atoms with van der Waals surface area (Å²) in [6, 6.07) is 13.3. The molecule has 116 valence electrons. The van der Waals surface area contributed by atoms with Gasteiger partial charge in [-0.2, -0.15) is 0 Å². The fraction of sp³-hybridized carbons (Fsp3) is 0.133. The lowest BCUT2D eigenvalue weighted by atomic mass is 10.2. The molecule has 0 fully saturated rings. The Balaban J connectivity index is 2.50. The smallest absolute Gasteiger partial charge is 0.264 e. The average Bonchev–Trinajstić information content (AvgIpc) is 2.46. The van der Waals surface area contributed by atoms with Gasteiger partial charge in [-0.05, 0) is 77.5 Å². The van der Waals surface area contributed by atoms with E-state index in [1.54, 1.807) is 36.4 Å². The Kier molecular flexibility index (Phi) is 5.46. The number of nitrogens with zero attached hydrogens (tertiary/aromatic N) is 1.